The van der Waals surface area contributed by atoms with Gasteiger partial charge in [-0.3, -0.25) is 9.69 Å². The van der Waals surface area contributed by atoms with Gasteiger partial charge in [0.25, 0.3) is 5.91 Å². The van der Waals surface area contributed by atoms with Gasteiger partial charge in [0.2, 0.25) is 0 Å². The highest BCUT2D eigenvalue weighted by atomic mass is 35.5. The molecule has 0 aromatic heterocycles. The van der Waals surface area contributed by atoms with Gasteiger partial charge in [-0.05, 0) is 66.6 Å². The topological polar surface area (TPSA) is 52.7 Å². The SMILES string of the molecule is O=C(Nc1ccc(N2CCCN(Cc3ccc(Cl)cc3)C2=O)cc1)c1cccc(C(F)(F)F)c1. The van der Waals surface area contributed by atoms with Crippen molar-refractivity contribution < 1.29 is 22.8 Å². The number of carbonyl (C=O) groups excluding carboxylic acids is 2. The maximum absolute atomic E-state index is 13.0. The molecule has 0 spiro atoms. The smallest absolute Gasteiger partial charge is 0.322 e. The zero-order valence-electron chi connectivity index (χ0n) is 18.0. The Morgan fingerprint density at radius 2 is 1.68 bits per heavy atom. The summed E-state index contributed by atoms with van der Waals surface area (Å²) in [5.74, 6) is -0.651. The number of hydrogen-bond donors (Lipinski definition) is 1. The minimum absolute atomic E-state index is 0.0945. The van der Waals surface area contributed by atoms with Gasteiger partial charge in [0, 0.05) is 41.6 Å². The van der Waals surface area contributed by atoms with Crippen molar-refractivity contribution in [2.24, 2.45) is 0 Å². The molecule has 0 atom stereocenters. The fraction of sp³-hybridized carbons (Fsp3) is 0.200. The number of nitrogens with zero attached hydrogens (tertiary/aromatic N) is 2. The highest BCUT2D eigenvalue weighted by Gasteiger charge is 2.31. The maximum atomic E-state index is 13.0. The number of benzene rings is 3. The number of alkyl halides is 3. The number of halogens is 4. The van der Waals surface area contributed by atoms with Crippen LogP contribution in [-0.2, 0) is 12.7 Å². The molecule has 0 unspecified atom stereocenters. The molecule has 4 rings (SSSR count). The third-order valence-electron chi connectivity index (χ3n) is 5.49. The molecule has 1 aliphatic heterocycles. The average molecular weight is 488 g/mol. The summed E-state index contributed by atoms with van der Waals surface area (Å²) >= 11 is 5.93. The van der Waals surface area contributed by atoms with E-state index in [4.69, 9.17) is 11.6 Å². The fourth-order valence-corrected chi connectivity index (χ4v) is 3.87. The van der Waals surface area contributed by atoms with Crippen LogP contribution >= 0.6 is 11.6 Å². The summed E-state index contributed by atoms with van der Waals surface area (Å²) in [4.78, 5) is 28.9. The summed E-state index contributed by atoms with van der Waals surface area (Å²) in [6, 6.07) is 18.1. The predicted molar refractivity (Wildman–Crippen MR) is 125 cm³/mol. The first-order chi connectivity index (χ1) is 16.2. The van der Waals surface area contributed by atoms with Crippen LogP contribution in [0.4, 0.5) is 29.3 Å². The van der Waals surface area contributed by atoms with Crippen LogP contribution in [0.2, 0.25) is 5.02 Å². The molecule has 1 saturated heterocycles. The molecule has 5 nitrogen and oxygen atoms in total. The van der Waals surface area contributed by atoms with Crippen molar-refractivity contribution in [3.8, 4) is 0 Å². The van der Waals surface area contributed by atoms with Crippen LogP contribution in [0.5, 0.6) is 0 Å². The summed E-state index contributed by atoms with van der Waals surface area (Å²) in [6.07, 6.45) is -3.73. The Hall–Kier alpha value is -3.52. The van der Waals surface area contributed by atoms with Crippen LogP contribution < -0.4 is 10.2 Å². The molecule has 3 amide bonds. The van der Waals surface area contributed by atoms with Crippen LogP contribution in [-0.4, -0.2) is 29.9 Å². The number of urea groups is 1. The number of hydrogen-bond acceptors (Lipinski definition) is 2. The quantitative estimate of drug-likeness (QED) is 0.450. The normalized spacial score (nSPS) is 14.3. The van der Waals surface area contributed by atoms with Crippen LogP contribution in [0.3, 0.4) is 0 Å². The van der Waals surface area contributed by atoms with Crippen molar-refractivity contribution >= 4 is 34.9 Å². The fourth-order valence-electron chi connectivity index (χ4n) is 3.74. The van der Waals surface area contributed by atoms with Crippen LogP contribution in [0.25, 0.3) is 0 Å². The summed E-state index contributed by atoms with van der Waals surface area (Å²) in [7, 11) is 0. The van der Waals surface area contributed by atoms with Crippen molar-refractivity contribution in [3.63, 3.8) is 0 Å². The molecule has 3 aromatic carbocycles. The Labute approximate surface area is 199 Å². The Morgan fingerprint density at radius 1 is 0.971 bits per heavy atom. The highest BCUT2D eigenvalue weighted by molar-refractivity contribution is 6.30. The monoisotopic (exact) mass is 487 g/mol. The first-order valence-corrected chi connectivity index (χ1v) is 11.0. The van der Waals surface area contributed by atoms with Crippen molar-refractivity contribution in [1.82, 2.24) is 4.90 Å². The predicted octanol–water partition coefficient (Wildman–Crippen LogP) is 6.44. The summed E-state index contributed by atoms with van der Waals surface area (Å²) in [6.45, 7) is 1.67. The molecular weight excluding hydrogens is 467 g/mol. The zero-order chi connectivity index (χ0) is 24.3. The largest absolute Gasteiger partial charge is 0.416 e. The minimum Gasteiger partial charge on any atom is -0.322 e. The number of amides is 3. The third kappa shape index (κ3) is 5.51. The van der Waals surface area contributed by atoms with Gasteiger partial charge >= 0.3 is 12.2 Å². The number of nitrogens with one attached hydrogen (secondary N) is 1. The second kappa shape index (κ2) is 9.77. The van der Waals surface area contributed by atoms with Gasteiger partial charge in [-0.1, -0.05) is 29.8 Å². The van der Waals surface area contributed by atoms with Crippen LogP contribution in [0, 0.1) is 0 Å². The standard InChI is InChI=1S/C25H21ClF3N3O2/c26-20-7-5-17(6-8-20)16-31-13-2-14-32(24(31)34)22-11-9-21(10-12-22)30-23(33)18-3-1-4-19(15-18)25(27,28)29/h1,3-12,15H,2,13-14,16H2,(H,30,33). The van der Waals surface area contributed by atoms with Gasteiger partial charge in [-0.15, -0.1) is 0 Å². The van der Waals surface area contributed by atoms with Gasteiger partial charge in [-0.25, -0.2) is 4.79 Å². The van der Waals surface area contributed by atoms with E-state index in [1.54, 1.807) is 46.2 Å². The van der Waals surface area contributed by atoms with E-state index in [0.717, 1.165) is 24.1 Å². The molecule has 1 heterocycles. The lowest BCUT2D eigenvalue weighted by molar-refractivity contribution is -0.137. The van der Waals surface area contributed by atoms with Gasteiger partial charge in [-0.2, -0.15) is 13.2 Å². The van der Waals surface area contributed by atoms with E-state index < -0.39 is 17.6 Å². The Kier molecular flexibility index (Phi) is 6.79. The maximum Gasteiger partial charge on any atom is 0.416 e. The minimum atomic E-state index is -4.53. The number of anilines is 2. The second-order valence-corrected chi connectivity index (χ2v) is 8.35. The van der Waals surface area contributed by atoms with Crippen molar-refractivity contribution in [2.45, 2.75) is 19.1 Å². The third-order valence-corrected chi connectivity index (χ3v) is 5.74. The number of rotatable bonds is 5. The van der Waals surface area contributed by atoms with Gasteiger partial charge in [0.15, 0.2) is 0 Å². The Morgan fingerprint density at radius 3 is 2.35 bits per heavy atom. The first kappa shape index (κ1) is 23.6. The molecule has 3 aromatic rings. The van der Waals surface area contributed by atoms with Crippen molar-refractivity contribution in [1.29, 1.82) is 0 Å². The second-order valence-electron chi connectivity index (χ2n) is 7.92. The van der Waals surface area contributed by atoms with E-state index in [2.05, 4.69) is 5.32 Å². The summed E-state index contributed by atoms with van der Waals surface area (Å²) in [5, 5.41) is 3.23. The molecule has 0 saturated carbocycles. The van der Waals surface area contributed by atoms with E-state index >= 15 is 0 Å². The van der Waals surface area contributed by atoms with Gasteiger partial charge < -0.3 is 10.2 Å². The van der Waals surface area contributed by atoms with Gasteiger partial charge in [0.1, 0.15) is 0 Å². The van der Waals surface area contributed by atoms with E-state index in [0.29, 0.717) is 36.0 Å². The molecule has 0 aliphatic carbocycles. The average Bonchev–Trinajstić information content (AvgIpc) is 2.82. The van der Waals surface area contributed by atoms with Crippen LogP contribution in [0.1, 0.15) is 27.9 Å². The molecule has 1 aliphatic rings. The lowest BCUT2D eigenvalue weighted by atomic mass is 10.1. The first-order valence-electron chi connectivity index (χ1n) is 10.6. The molecular formula is C25H21ClF3N3O2. The summed E-state index contributed by atoms with van der Waals surface area (Å²) in [5.41, 5.74) is 1.08. The zero-order valence-corrected chi connectivity index (χ0v) is 18.7. The Bertz CT molecular complexity index is 1180. The molecule has 176 valence electrons. The van der Waals surface area contributed by atoms with Crippen molar-refractivity contribution in [2.75, 3.05) is 23.3 Å². The van der Waals surface area contributed by atoms with Crippen molar-refractivity contribution in [3.05, 3.63) is 94.5 Å². The number of carbonyl (C=O) groups is 2. The molecule has 34 heavy (non-hydrogen) atoms. The molecule has 1 N–H and O–H groups in total. The lowest BCUT2D eigenvalue weighted by Gasteiger charge is -2.35. The van der Waals surface area contributed by atoms with Gasteiger partial charge in [0.05, 0.1) is 5.56 Å². The van der Waals surface area contributed by atoms with E-state index in [-0.39, 0.29) is 11.6 Å². The molecule has 0 radical (unpaired) electrons. The molecule has 1 fully saturated rings. The van der Waals surface area contributed by atoms with E-state index in [1.807, 2.05) is 12.1 Å². The molecule has 0 bridgehead atoms. The highest BCUT2D eigenvalue weighted by Crippen LogP contribution is 2.30. The molecule has 9 heteroatoms. The summed E-state index contributed by atoms with van der Waals surface area (Å²) < 4.78 is 38.7. The van der Waals surface area contributed by atoms with E-state index in [9.17, 15) is 22.8 Å². The van der Waals surface area contributed by atoms with Crippen LogP contribution in [0.15, 0.2) is 72.8 Å². The Balaban J connectivity index is 1.42. The lowest BCUT2D eigenvalue weighted by Crippen LogP contribution is -2.49. The van der Waals surface area contributed by atoms with E-state index in [1.165, 1.54) is 12.1 Å².